The van der Waals surface area contributed by atoms with Gasteiger partial charge in [0.2, 0.25) is 15.9 Å². The van der Waals surface area contributed by atoms with Crippen molar-refractivity contribution in [2.45, 2.75) is 11.8 Å². The second kappa shape index (κ2) is 5.14. The Morgan fingerprint density at radius 3 is 2.55 bits per heavy atom. The number of anilines is 1. The Hall–Kier alpha value is -2.06. The first-order valence-electron chi connectivity index (χ1n) is 5.85. The predicted molar refractivity (Wildman–Crippen MR) is 75.1 cm³/mol. The van der Waals surface area contributed by atoms with E-state index in [1.807, 2.05) is 6.92 Å². The monoisotopic (exact) mass is 296 g/mol. The first-order chi connectivity index (χ1) is 9.33. The van der Waals surface area contributed by atoms with Crippen LogP contribution in [0.15, 0.2) is 29.2 Å². The molecule has 0 spiro atoms. The van der Waals surface area contributed by atoms with Crippen molar-refractivity contribution in [3.8, 4) is 11.6 Å². The van der Waals surface area contributed by atoms with Crippen molar-refractivity contribution in [3.05, 3.63) is 30.0 Å². The quantitative estimate of drug-likeness (QED) is 0.820. The molecule has 3 N–H and O–H groups in total. The third-order valence-electron chi connectivity index (χ3n) is 2.73. The molecule has 108 valence electrons. The van der Waals surface area contributed by atoms with E-state index in [1.165, 1.54) is 25.2 Å². The van der Waals surface area contributed by atoms with E-state index in [4.69, 9.17) is 10.5 Å². The molecule has 1 aromatic heterocycles. The van der Waals surface area contributed by atoms with Gasteiger partial charge in [-0.05, 0) is 32.2 Å². The highest BCUT2D eigenvalue weighted by molar-refractivity contribution is 7.89. The molecule has 2 aromatic rings. The van der Waals surface area contributed by atoms with E-state index >= 15 is 0 Å². The lowest BCUT2D eigenvalue weighted by Gasteiger charge is -2.10. The zero-order chi connectivity index (χ0) is 14.9. The van der Waals surface area contributed by atoms with Crippen LogP contribution in [0.5, 0.6) is 11.6 Å². The second-order valence-electron chi connectivity index (χ2n) is 4.26. The Morgan fingerprint density at radius 1 is 1.35 bits per heavy atom. The van der Waals surface area contributed by atoms with Crippen molar-refractivity contribution in [1.29, 1.82) is 0 Å². The predicted octanol–water partition coefficient (Wildman–Crippen LogP) is 1.01. The number of aromatic nitrogens is 2. The summed E-state index contributed by atoms with van der Waals surface area (Å²) in [5.74, 6) is 0.904. The van der Waals surface area contributed by atoms with Crippen LogP contribution in [0.1, 0.15) is 5.69 Å². The van der Waals surface area contributed by atoms with E-state index in [1.54, 1.807) is 17.8 Å². The fourth-order valence-corrected chi connectivity index (χ4v) is 2.46. The van der Waals surface area contributed by atoms with Gasteiger partial charge >= 0.3 is 0 Å². The van der Waals surface area contributed by atoms with E-state index < -0.39 is 10.0 Å². The smallest absolute Gasteiger partial charge is 0.240 e. The number of nitrogens with one attached hydrogen (secondary N) is 1. The molecule has 0 saturated heterocycles. The Labute approximate surface area is 117 Å². The molecule has 0 radical (unpaired) electrons. The summed E-state index contributed by atoms with van der Waals surface area (Å²) in [7, 11) is -0.427. The summed E-state index contributed by atoms with van der Waals surface area (Å²) >= 11 is 0. The Morgan fingerprint density at radius 2 is 2.05 bits per heavy atom. The number of nitrogens with zero attached hydrogens (tertiary/aromatic N) is 2. The van der Waals surface area contributed by atoms with Crippen LogP contribution < -0.4 is 15.2 Å². The average Bonchev–Trinajstić information content (AvgIpc) is 2.70. The van der Waals surface area contributed by atoms with Crippen molar-refractivity contribution in [2.24, 2.45) is 7.05 Å². The molecular formula is C12H16N4O3S. The normalized spacial score (nSPS) is 11.6. The van der Waals surface area contributed by atoms with Crippen LogP contribution in [0.4, 0.5) is 5.69 Å². The number of sulfonamides is 1. The first kappa shape index (κ1) is 14.4. The molecule has 0 atom stereocenters. The van der Waals surface area contributed by atoms with Crippen LogP contribution in [0.3, 0.4) is 0 Å². The molecule has 0 unspecified atom stereocenters. The second-order valence-corrected chi connectivity index (χ2v) is 6.14. The summed E-state index contributed by atoms with van der Waals surface area (Å²) in [6.07, 6.45) is 0. The molecule has 1 heterocycles. The first-order valence-corrected chi connectivity index (χ1v) is 7.33. The third kappa shape index (κ3) is 2.75. The van der Waals surface area contributed by atoms with Crippen LogP contribution in [0, 0.1) is 6.92 Å². The zero-order valence-electron chi connectivity index (χ0n) is 11.4. The van der Waals surface area contributed by atoms with Crippen molar-refractivity contribution in [3.63, 3.8) is 0 Å². The van der Waals surface area contributed by atoms with Crippen LogP contribution in [-0.2, 0) is 17.1 Å². The van der Waals surface area contributed by atoms with E-state index in [0.29, 0.717) is 11.6 Å². The number of benzene rings is 1. The van der Waals surface area contributed by atoms with Crippen molar-refractivity contribution in [2.75, 3.05) is 12.8 Å². The summed E-state index contributed by atoms with van der Waals surface area (Å²) in [5, 5.41) is 4.15. The van der Waals surface area contributed by atoms with E-state index in [0.717, 1.165) is 5.69 Å². The summed E-state index contributed by atoms with van der Waals surface area (Å²) in [6.45, 7) is 1.85. The van der Waals surface area contributed by atoms with Crippen LogP contribution in [0.25, 0.3) is 0 Å². The third-order valence-corrected chi connectivity index (χ3v) is 4.15. The van der Waals surface area contributed by atoms with Crippen LogP contribution >= 0.6 is 0 Å². The van der Waals surface area contributed by atoms with Gasteiger partial charge in [-0.1, -0.05) is 0 Å². The van der Waals surface area contributed by atoms with Gasteiger partial charge in [-0.15, -0.1) is 0 Å². The summed E-state index contributed by atoms with van der Waals surface area (Å²) in [4.78, 5) is 0.0889. The molecule has 0 amide bonds. The molecule has 8 heteroatoms. The lowest BCUT2D eigenvalue weighted by Crippen LogP contribution is -2.18. The topological polar surface area (TPSA) is 99.2 Å². The van der Waals surface area contributed by atoms with Gasteiger partial charge in [0.05, 0.1) is 16.3 Å². The standard InChI is InChI=1S/C12H16N4O3S/c1-8-6-12(16(3)15-8)19-11-5-4-9(7-10(11)13)20(17,18)14-2/h4-7,14H,13H2,1-3H3. The molecule has 0 aliphatic heterocycles. The van der Waals surface area contributed by atoms with Gasteiger partial charge in [-0.25, -0.2) is 17.8 Å². The molecule has 20 heavy (non-hydrogen) atoms. The van der Waals surface area contributed by atoms with Gasteiger partial charge < -0.3 is 10.5 Å². The number of hydrogen-bond acceptors (Lipinski definition) is 5. The summed E-state index contributed by atoms with van der Waals surface area (Å²) < 4.78 is 32.7. The maximum Gasteiger partial charge on any atom is 0.240 e. The van der Waals surface area contributed by atoms with E-state index in [-0.39, 0.29) is 10.6 Å². The number of nitrogens with two attached hydrogens (primary N) is 1. The number of nitrogen functional groups attached to an aromatic ring is 1. The molecule has 1 aromatic carbocycles. The number of ether oxygens (including phenoxy) is 1. The Kier molecular flexibility index (Phi) is 3.69. The minimum Gasteiger partial charge on any atom is -0.437 e. The van der Waals surface area contributed by atoms with Crippen LogP contribution in [0.2, 0.25) is 0 Å². The fourth-order valence-electron chi connectivity index (χ4n) is 1.70. The largest absolute Gasteiger partial charge is 0.437 e. The number of aryl methyl sites for hydroxylation is 2. The van der Waals surface area contributed by atoms with Gasteiger partial charge in [-0.3, -0.25) is 0 Å². The lowest BCUT2D eigenvalue weighted by atomic mass is 10.3. The minimum absolute atomic E-state index is 0.0889. The Bertz CT molecular complexity index is 737. The highest BCUT2D eigenvalue weighted by Gasteiger charge is 2.14. The molecule has 0 saturated carbocycles. The van der Waals surface area contributed by atoms with Gasteiger partial charge in [0.25, 0.3) is 0 Å². The van der Waals surface area contributed by atoms with Gasteiger partial charge in [-0.2, -0.15) is 5.10 Å². The number of hydrogen-bond donors (Lipinski definition) is 2. The highest BCUT2D eigenvalue weighted by Crippen LogP contribution is 2.29. The van der Waals surface area contributed by atoms with E-state index in [2.05, 4.69) is 9.82 Å². The van der Waals surface area contributed by atoms with Crippen molar-refractivity contribution >= 4 is 15.7 Å². The van der Waals surface area contributed by atoms with Gasteiger partial charge in [0.1, 0.15) is 0 Å². The zero-order valence-corrected chi connectivity index (χ0v) is 12.2. The molecule has 2 rings (SSSR count). The maximum absolute atomic E-state index is 11.7. The SMILES string of the molecule is CNS(=O)(=O)c1ccc(Oc2cc(C)nn2C)c(N)c1. The molecular weight excluding hydrogens is 280 g/mol. The van der Waals surface area contributed by atoms with Gasteiger partial charge in [0.15, 0.2) is 5.75 Å². The fraction of sp³-hybridized carbons (Fsp3) is 0.250. The molecule has 0 aliphatic rings. The summed E-state index contributed by atoms with van der Waals surface area (Å²) in [6, 6.07) is 6.06. The van der Waals surface area contributed by atoms with Crippen molar-refractivity contribution < 1.29 is 13.2 Å². The molecule has 0 fully saturated rings. The van der Waals surface area contributed by atoms with Crippen molar-refractivity contribution in [1.82, 2.24) is 14.5 Å². The molecule has 7 nitrogen and oxygen atoms in total. The molecule has 0 bridgehead atoms. The van der Waals surface area contributed by atoms with Crippen LogP contribution in [-0.4, -0.2) is 25.2 Å². The highest BCUT2D eigenvalue weighted by atomic mass is 32.2. The minimum atomic E-state index is -3.52. The van der Waals surface area contributed by atoms with E-state index in [9.17, 15) is 8.42 Å². The number of rotatable bonds is 4. The average molecular weight is 296 g/mol. The lowest BCUT2D eigenvalue weighted by molar-refractivity contribution is 0.432. The summed E-state index contributed by atoms with van der Waals surface area (Å²) in [5.41, 5.74) is 6.88. The maximum atomic E-state index is 11.7. The Balaban J connectivity index is 2.34. The molecule has 0 aliphatic carbocycles. The van der Waals surface area contributed by atoms with Gasteiger partial charge in [0, 0.05) is 13.1 Å².